The van der Waals surface area contributed by atoms with Gasteiger partial charge in [-0.3, -0.25) is 33.9 Å². The van der Waals surface area contributed by atoms with Gasteiger partial charge in [-0.05, 0) is 86.6 Å². The minimum absolute atomic E-state index is 0. The van der Waals surface area contributed by atoms with Crippen LogP contribution in [0.15, 0.2) is 52.1 Å². The summed E-state index contributed by atoms with van der Waals surface area (Å²) in [5.41, 5.74) is 2.28. The van der Waals surface area contributed by atoms with Gasteiger partial charge in [0.1, 0.15) is 29.2 Å². The first-order valence-corrected chi connectivity index (χ1v) is 15.3. The Bertz CT molecular complexity index is 1670. The highest BCUT2D eigenvalue weighted by atomic mass is 19.1. The molecule has 0 aliphatic carbocycles. The summed E-state index contributed by atoms with van der Waals surface area (Å²) in [7, 11) is 0. The normalized spacial score (nSPS) is 11.2. The van der Waals surface area contributed by atoms with Crippen LogP contribution in [0.2, 0.25) is 0 Å². The van der Waals surface area contributed by atoms with Gasteiger partial charge in [-0.2, -0.15) is 0 Å². The van der Waals surface area contributed by atoms with E-state index in [2.05, 4.69) is 10.2 Å². The number of hydrogen-bond acceptors (Lipinski definition) is 6. The monoisotopic (exact) mass is 660 g/mol. The van der Waals surface area contributed by atoms with Gasteiger partial charge in [-0.15, -0.1) is 0 Å². The number of aromatic nitrogens is 4. The van der Waals surface area contributed by atoms with Crippen molar-refractivity contribution in [3.05, 3.63) is 103 Å². The maximum atomic E-state index is 14.6. The number of aldehydes is 1. The van der Waals surface area contributed by atoms with E-state index in [-0.39, 0.29) is 30.2 Å². The summed E-state index contributed by atoms with van der Waals surface area (Å²) >= 11 is 0. The lowest BCUT2D eigenvalue weighted by Gasteiger charge is -2.19. The van der Waals surface area contributed by atoms with Crippen molar-refractivity contribution in [1.82, 2.24) is 19.6 Å². The van der Waals surface area contributed by atoms with Crippen LogP contribution in [0.4, 0.5) is 8.78 Å². The zero-order valence-electron chi connectivity index (χ0n) is 28.1. The van der Waals surface area contributed by atoms with E-state index < -0.39 is 17.7 Å². The average Bonchev–Trinajstić information content (AvgIpc) is 3.50. The van der Waals surface area contributed by atoms with Gasteiger partial charge in [0.05, 0.1) is 24.3 Å². The molecule has 4 rings (SSSR count). The molecule has 0 spiro atoms. The maximum absolute atomic E-state index is 14.6. The standard InChI is InChI=1S/C18H25FN2O3.C9H9FO2.C7H12N2O.CH4/c1-6-23-13-8-9-14(15(19)10-13)17(24-7-2)16-12(5)21(11(3)4)20-18(16)22;1-2-12-8-4-3-7(6-11)9(10)5-8;1-5(2)9-6(3)4-7(10)8-9;/h8-11,17H,6-7H2,1-5H3,(H,20,22);3-6H,2H2,1H3;4-5H,1-3H3,(H,8,10);1H4. The Morgan fingerprint density at radius 1 is 0.787 bits per heavy atom. The molecule has 2 aromatic heterocycles. The molecule has 0 saturated carbocycles. The highest BCUT2D eigenvalue weighted by molar-refractivity contribution is 5.75. The minimum Gasteiger partial charge on any atom is -0.494 e. The van der Waals surface area contributed by atoms with Crippen LogP contribution in [0, 0.1) is 25.5 Å². The Hall–Kier alpha value is -4.45. The van der Waals surface area contributed by atoms with Gasteiger partial charge in [0.2, 0.25) is 0 Å². The molecule has 12 heteroatoms. The third-order valence-electron chi connectivity index (χ3n) is 6.77. The number of halogens is 2. The summed E-state index contributed by atoms with van der Waals surface area (Å²) in [5.74, 6) is -0.0913. The average molecular weight is 661 g/mol. The van der Waals surface area contributed by atoms with E-state index in [1.54, 1.807) is 28.9 Å². The van der Waals surface area contributed by atoms with Crippen molar-refractivity contribution in [2.24, 2.45) is 0 Å². The summed E-state index contributed by atoms with van der Waals surface area (Å²) in [6.07, 6.45) is -0.278. The fourth-order valence-corrected chi connectivity index (χ4v) is 4.74. The van der Waals surface area contributed by atoms with Gasteiger partial charge in [-0.1, -0.05) is 7.43 Å². The molecule has 0 fully saturated rings. The third-order valence-corrected chi connectivity index (χ3v) is 6.77. The predicted octanol–water partition coefficient (Wildman–Crippen LogP) is 7.47. The molecule has 2 aromatic carbocycles. The van der Waals surface area contributed by atoms with Gasteiger partial charge in [0.25, 0.3) is 11.1 Å². The number of ether oxygens (including phenoxy) is 3. The SMILES string of the molecule is C.CCOc1ccc(C(OCC)c2c(C)n(C(C)C)[nH]c2=O)c(F)c1.CCOc1ccc(C=O)c(F)c1.Cc1cc(=O)[nH]n1C(C)C. The Morgan fingerprint density at radius 2 is 1.34 bits per heavy atom. The van der Waals surface area contributed by atoms with Crippen molar-refractivity contribution < 1.29 is 27.8 Å². The summed E-state index contributed by atoms with van der Waals surface area (Å²) in [5, 5.41) is 5.51. The number of rotatable bonds is 11. The molecule has 0 aliphatic heterocycles. The van der Waals surface area contributed by atoms with Gasteiger partial charge in [-0.25, -0.2) is 8.78 Å². The number of carbonyl (C=O) groups is 1. The second-order valence-electron chi connectivity index (χ2n) is 10.8. The summed E-state index contributed by atoms with van der Waals surface area (Å²) in [4.78, 5) is 33.4. The lowest BCUT2D eigenvalue weighted by molar-refractivity contribution is 0.0874. The first-order valence-electron chi connectivity index (χ1n) is 15.3. The zero-order chi connectivity index (χ0) is 34.6. The van der Waals surface area contributed by atoms with E-state index in [0.717, 1.165) is 11.4 Å². The molecule has 1 atom stereocenters. The molecular formula is C35H50F2N4O6. The molecular weight excluding hydrogens is 610 g/mol. The smallest absolute Gasteiger partial charge is 0.270 e. The number of hydrogen-bond donors (Lipinski definition) is 2. The molecule has 4 aromatic rings. The second-order valence-corrected chi connectivity index (χ2v) is 10.8. The zero-order valence-corrected chi connectivity index (χ0v) is 28.1. The minimum atomic E-state index is -0.755. The van der Waals surface area contributed by atoms with Crippen LogP contribution in [0.1, 0.15) is 107 Å². The molecule has 2 heterocycles. The molecule has 2 N–H and O–H groups in total. The van der Waals surface area contributed by atoms with Crippen LogP contribution in [0.3, 0.4) is 0 Å². The molecule has 0 amide bonds. The molecule has 0 aliphatic rings. The number of H-pyrrole nitrogens is 2. The number of nitrogens with one attached hydrogen (secondary N) is 2. The highest BCUT2D eigenvalue weighted by Gasteiger charge is 2.26. The summed E-state index contributed by atoms with van der Waals surface area (Å²) < 4.78 is 47.2. The van der Waals surface area contributed by atoms with E-state index in [1.165, 1.54) is 18.2 Å². The fraction of sp³-hybridized carbons (Fsp3) is 0.457. The van der Waals surface area contributed by atoms with Gasteiger partial charge >= 0.3 is 0 Å². The lowest BCUT2D eigenvalue weighted by Crippen LogP contribution is -2.17. The van der Waals surface area contributed by atoms with E-state index in [9.17, 15) is 23.2 Å². The Morgan fingerprint density at radius 3 is 1.72 bits per heavy atom. The quantitative estimate of drug-likeness (QED) is 0.161. The number of nitrogens with zero attached hydrogens (tertiary/aromatic N) is 2. The molecule has 47 heavy (non-hydrogen) atoms. The molecule has 260 valence electrons. The van der Waals surface area contributed by atoms with Crippen LogP contribution in [0.25, 0.3) is 0 Å². The van der Waals surface area contributed by atoms with Crippen LogP contribution in [-0.2, 0) is 4.74 Å². The predicted molar refractivity (Wildman–Crippen MR) is 181 cm³/mol. The number of aromatic amines is 2. The first kappa shape index (κ1) is 40.6. The summed E-state index contributed by atoms with van der Waals surface area (Å²) in [6.45, 7) is 18.5. The van der Waals surface area contributed by atoms with Crippen LogP contribution < -0.4 is 20.6 Å². The molecule has 0 radical (unpaired) electrons. The second kappa shape index (κ2) is 19.3. The number of benzene rings is 2. The topological polar surface area (TPSA) is 120 Å². The van der Waals surface area contributed by atoms with Crippen LogP contribution in [-0.4, -0.2) is 45.7 Å². The number of carbonyl (C=O) groups excluding carboxylic acids is 1. The lowest BCUT2D eigenvalue weighted by atomic mass is 10.0. The fourth-order valence-electron chi connectivity index (χ4n) is 4.74. The van der Waals surface area contributed by atoms with Gasteiger partial charge in [0, 0.05) is 53.8 Å². The van der Waals surface area contributed by atoms with Crippen molar-refractivity contribution in [1.29, 1.82) is 0 Å². The van der Waals surface area contributed by atoms with Gasteiger partial charge < -0.3 is 14.2 Å². The molecule has 10 nitrogen and oxygen atoms in total. The van der Waals surface area contributed by atoms with Crippen molar-refractivity contribution in [3.63, 3.8) is 0 Å². The van der Waals surface area contributed by atoms with E-state index in [4.69, 9.17) is 14.2 Å². The Kier molecular flexibility index (Phi) is 16.6. The number of aryl methyl sites for hydroxylation is 1. The molecule has 0 bridgehead atoms. The van der Waals surface area contributed by atoms with E-state index in [0.29, 0.717) is 54.8 Å². The first-order chi connectivity index (χ1) is 21.8. The Balaban J connectivity index is 0.000000400. The van der Waals surface area contributed by atoms with Crippen molar-refractivity contribution >= 4 is 6.29 Å². The third kappa shape index (κ3) is 11.1. The Labute approximate surface area is 275 Å². The maximum Gasteiger partial charge on any atom is 0.270 e. The van der Waals surface area contributed by atoms with Crippen LogP contribution in [0.5, 0.6) is 11.5 Å². The summed E-state index contributed by atoms with van der Waals surface area (Å²) in [6, 6.07) is 10.8. The van der Waals surface area contributed by atoms with Crippen LogP contribution >= 0.6 is 0 Å². The van der Waals surface area contributed by atoms with Gasteiger partial charge in [0.15, 0.2) is 6.29 Å². The van der Waals surface area contributed by atoms with Crippen molar-refractivity contribution in [2.75, 3.05) is 19.8 Å². The molecule has 1 unspecified atom stereocenters. The highest BCUT2D eigenvalue weighted by Crippen LogP contribution is 2.31. The van der Waals surface area contributed by atoms with E-state index in [1.807, 2.05) is 67.0 Å². The largest absolute Gasteiger partial charge is 0.494 e. The molecule has 0 saturated heterocycles. The van der Waals surface area contributed by atoms with Crippen molar-refractivity contribution in [2.45, 2.75) is 87.9 Å². The van der Waals surface area contributed by atoms with E-state index >= 15 is 0 Å². The van der Waals surface area contributed by atoms with Crippen molar-refractivity contribution in [3.8, 4) is 11.5 Å².